The summed E-state index contributed by atoms with van der Waals surface area (Å²) in [6, 6.07) is 2.45. The zero-order valence-corrected chi connectivity index (χ0v) is 13.0. The van der Waals surface area contributed by atoms with Crippen LogP contribution in [0.5, 0.6) is 0 Å². The number of carboxylic acid groups (broad SMARTS) is 1. The first-order valence-electron chi connectivity index (χ1n) is 3.12. The maximum atomic E-state index is 12.8. The summed E-state index contributed by atoms with van der Waals surface area (Å²) in [6.07, 6.45) is 0. The molecule has 0 aliphatic rings. The van der Waals surface area contributed by atoms with Crippen LogP contribution in [0.2, 0.25) is 0 Å². The summed E-state index contributed by atoms with van der Waals surface area (Å²) >= 11 is -2.56. The minimum atomic E-state index is -2.56. The van der Waals surface area contributed by atoms with E-state index in [0.29, 0.717) is 6.07 Å². The fraction of sp³-hybridized carbons (Fsp3) is 0. The fourth-order valence-corrected chi connectivity index (χ4v) is 1.14. The first-order chi connectivity index (χ1) is 6.02. The van der Waals surface area contributed by atoms with Gasteiger partial charge in [0.25, 0.3) is 0 Å². The van der Waals surface area contributed by atoms with Gasteiger partial charge in [-0.1, -0.05) is 0 Å². The number of carbonyl (C=O) groups is 1. The molecule has 1 rings (SSSR count). The fourth-order valence-electron chi connectivity index (χ4n) is 0.765. The first kappa shape index (κ1) is 18.1. The van der Waals surface area contributed by atoms with Gasteiger partial charge in [-0.2, -0.15) is 0 Å². The molecule has 0 aliphatic heterocycles. The largest absolute Gasteiger partial charge is 1.00 e. The molecule has 1 atom stereocenters. The molecular formula is C7H3FNa2O4S. The van der Waals surface area contributed by atoms with Crippen LogP contribution in [0.3, 0.4) is 0 Å². The molecule has 0 amide bonds. The summed E-state index contributed by atoms with van der Waals surface area (Å²) in [5.41, 5.74) is -0.658. The topological polar surface area (TPSA) is 80.3 Å². The van der Waals surface area contributed by atoms with E-state index in [-0.39, 0.29) is 64.0 Å². The third-order valence-corrected chi connectivity index (χ3v) is 1.99. The Hall–Kier alpha value is 0.730. The third-order valence-electron chi connectivity index (χ3n) is 1.35. The third kappa shape index (κ3) is 5.06. The number of halogens is 1. The molecule has 70 valence electrons. The van der Waals surface area contributed by atoms with Crippen LogP contribution in [0.4, 0.5) is 4.39 Å². The van der Waals surface area contributed by atoms with E-state index < -0.39 is 28.4 Å². The molecule has 0 aliphatic carbocycles. The van der Waals surface area contributed by atoms with E-state index in [1.165, 1.54) is 0 Å². The maximum Gasteiger partial charge on any atom is 1.00 e. The Labute approximate surface area is 132 Å². The van der Waals surface area contributed by atoms with Gasteiger partial charge in [0.1, 0.15) is 5.82 Å². The molecule has 1 aromatic carbocycles. The molecular weight excluding hydrogens is 245 g/mol. The standard InChI is InChI=1S/C7H5FO4S.2Na/c8-6-3-4(13(11)12)1-2-5(6)7(9)10;;/h1-3H,(H,9,10)(H,11,12);;/q;2*+1/p-2. The average Bonchev–Trinajstić information content (AvgIpc) is 2.03. The van der Waals surface area contributed by atoms with Crippen LogP contribution < -0.4 is 64.2 Å². The van der Waals surface area contributed by atoms with Gasteiger partial charge >= 0.3 is 59.1 Å². The number of hydrogen-bond donors (Lipinski definition) is 0. The van der Waals surface area contributed by atoms with Crippen molar-refractivity contribution in [3.05, 3.63) is 29.6 Å². The molecule has 0 bridgehead atoms. The molecule has 0 saturated carbocycles. The summed E-state index contributed by atoms with van der Waals surface area (Å²) in [5.74, 6) is -2.80. The van der Waals surface area contributed by atoms with E-state index in [9.17, 15) is 23.1 Å². The smallest absolute Gasteiger partial charge is 0.768 e. The molecule has 0 aromatic heterocycles. The van der Waals surface area contributed by atoms with Crippen molar-refractivity contribution in [3.8, 4) is 0 Å². The van der Waals surface area contributed by atoms with Gasteiger partial charge in [0.15, 0.2) is 0 Å². The quantitative estimate of drug-likeness (QED) is 0.385. The molecule has 1 aromatic rings. The summed E-state index contributed by atoms with van der Waals surface area (Å²) in [6.45, 7) is 0. The Balaban J connectivity index is 0. The van der Waals surface area contributed by atoms with Gasteiger partial charge in [0, 0.05) is 10.5 Å². The molecule has 0 spiro atoms. The number of rotatable bonds is 2. The summed E-state index contributed by atoms with van der Waals surface area (Å²) in [4.78, 5) is 9.89. The van der Waals surface area contributed by atoms with Gasteiger partial charge in [-0.25, -0.2) is 4.39 Å². The van der Waals surface area contributed by atoms with E-state index in [4.69, 9.17) is 0 Å². The molecule has 0 fully saturated rings. The number of carbonyl (C=O) groups excluding carboxylic acids is 1. The van der Waals surface area contributed by atoms with Crippen molar-refractivity contribution in [2.24, 2.45) is 0 Å². The molecule has 0 radical (unpaired) electrons. The number of hydrogen-bond acceptors (Lipinski definition) is 4. The molecule has 4 nitrogen and oxygen atoms in total. The molecule has 8 heteroatoms. The van der Waals surface area contributed by atoms with Crippen LogP contribution in [-0.2, 0) is 11.1 Å². The molecule has 15 heavy (non-hydrogen) atoms. The predicted molar refractivity (Wildman–Crippen MR) is 37.9 cm³/mol. The second kappa shape index (κ2) is 7.92. The number of carboxylic acids is 1. The molecule has 1 unspecified atom stereocenters. The van der Waals surface area contributed by atoms with E-state index >= 15 is 0 Å². The predicted octanol–water partition coefficient (Wildman–Crippen LogP) is -6.56. The zero-order valence-electron chi connectivity index (χ0n) is 8.15. The second-order valence-corrected chi connectivity index (χ2v) is 3.10. The van der Waals surface area contributed by atoms with Crippen molar-refractivity contribution in [2.45, 2.75) is 4.90 Å². The van der Waals surface area contributed by atoms with Gasteiger partial charge in [0.2, 0.25) is 0 Å². The minimum Gasteiger partial charge on any atom is -0.768 e. The Morgan fingerprint density at radius 3 is 2.20 bits per heavy atom. The zero-order chi connectivity index (χ0) is 10.0. The van der Waals surface area contributed by atoms with Gasteiger partial charge in [-0.15, -0.1) is 0 Å². The Morgan fingerprint density at radius 1 is 1.33 bits per heavy atom. The molecule has 0 saturated heterocycles. The Morgan fingerprint density at radius 2 is 1.87 bits per heavy atom. The van der Waals surface area contributed by atoms with E-state index in [1.54, 1.807) is 0 Å². The van der Waals surface area contributed by atoms with Gasteiger partial charge in [-0.05, 0) is 29.3 Å². The SMILES string of the molecule is O=C([O-])c1ccc(S(=O)[O-])cc1F.[Na+].[Na+]. The van der Waals surface area contributed by atoms with Crippen molar-refractivity contribution >= 4 is 17.0 Å². The Kier molecular flexibility index (Phi) is 9.55. The summed E-state index contributed by atoms with van der Waals surface area (Å²) in [5, 5.41) is 10.2. The van der Waals surface area contributed by atoms with Crippen LogP contribution in [-0.4, -0.2) is 14.7 Å². The second-order valence-electron chi connectivity index (χ2n) is 2.16. The van der Waals surface area contributed by atoms with Crippen molar-refractivity contribution in [2.75, 3.05) is 0 Å². The van der Waals surface area contributed by atoms with Gasteiger partial charge < -0.3 is 14.5 Å². The van der Waals surface area contributed by atoms with Crippen LogP contribution in [0.1, 0.15) is 10.4 Å². The van der Waals surface area contributed by atoms with Crippen LogP contribution in [0.25, 0.3) is 0 Å². The average molecular weight is 248 g/mol. The van der Waals surface area contributed by atoms with E-state index in [2.05, 4.69) is 0 Å². The van der Waals surface area contributed by atoms with Crippen molar-refractivity contribution in [1.29, 1.82) is 0 Å². The monoisotopic (exact) mass is 248 g/mol. The number of benzene rings is 1. The van der Waals surface area contributed by atoms with Crippen LogP contribution >= 0.6 is 0 Å². The maximum absolute atomic E-state index is 12.8. The molecule has 0 heterocycles. The molecule has 0 N–H and O–H groups in total. The van der Waals surface area contributed by atoms with Crippen LogP contribution in [0, 0.1) is 5.82 Å². The van der Waals surface area contributed by atoms with E-state index in [0.717, 1.165) is 12.1 Å². The number of aromatic carboxylic acids is 1. The van der Waals surface area contributed by atoms with Gasteiger partial charge in [-0.3, -0.25) is 4.21 Å². The van der Waals surface area contributed by atoms with Crippen molar-refractivity contribution in [3.63, 3.8) is 0 Å². The summed E-state index contributed by atoms with van der Waals surface area (Å²) in [7, 11) is 0. The van der Waals surface area contributed by atoms with Crippen molar-refractivity contribution in [1.82, 2.24) is 0 Å². The summed E-state index contributed by atoms with van der Waals surface area (Å²) < 4.78 is 33.4. The van der Waals surface area contributed by atoms with Gasteiger partial charge in [0.05, 0.1) is 5.97 Å². The van der Waals surface area contributed by atoms with Crippen molar-refractivity contribution < 1.29 is 82.2 Å². The van der Waals surface area contributed by atoms with E-state index in [1.807, 2.05) is 0 Å². The van der Waals surface area contributed by atoms with Crippen LogP contribution in [0.15, 0.2) is 23.1 Å². The normalized spacial score (nSPS) is 10.8. The first-order valence-corrected chi connectivity index (χ1v) is 4.20. The minimum absolute atomic E-state index is 0. The Bertz CT molecular complexity index is 385.